The van der Waals surface area contributed by atoms with Gasteiger partial charge in [-0.2, -0.15) is 0 Å². The van der Waals surface area contributed by atoms with Gasteiger partial charge in [-0.25, -0.2) is 0 Å². The minimum absolute atomic E-state index is 0.859. The fourth-order valence-corrected chi connectivity index (χ4v) is 13.9. The Labute approximate surface area is 501 Å². The van der Waals surface area contributed by atoms with Gasteiger partial charge in [-0.1, -0.05) is 218 Å². The monoisotopic (exact) mass is 1110 g/mol. The van der Waals surface area contributed by atoms with E-state index in [2.05, 4.69) is 314 Å². The van der Waals surface area contributed by atoms with Crippen molar-refractivity contribution in [2.24, 2.45) is 0 Å². The van der Waals surface area contributed by atoms with Crippen molar-refractivity contribution in [3.8, 4) is 83.6 Å². The number of rotatable bonds is 8. The lowest BCUT2D eigenvalue weighted by Crippen LogP contribution is -1.94. The van der Waals surface area contributed by atoms with Gasteiger partial charge < -0.3 is 13.4 Å². The van der Waals surface area contributed by atoms with Gasteiger partial charge in [-0.15, -0.1) is 0 Å². The fourth-order valence-electron chi connectivity index (χ4n) is 13.9. The maximum atomic E-state index is 7.03. The molecule has 0 bridgehead atoms. The van der Waals surface area contributed by atoms with Crippen LogP contribution in [0, 0.1) is 0 Å². The van der Waals surface area contributed by atoms with Gasteiger partial charge in [0.05, 0.1) is 11.0 Å². The van der Waals surface area contributed by atoms with E-state index in [0.29, 0.717) is 0 Å². The summed E-state index contributed by atoms with van der Waals surface area (Å²) < 4.78 is 16.5. The lowest BCUT2D eigenvalue weighted by Gasteiger charge is -2.14. The van der Waals surface area contributed by atoms with Crippen LogP contribution in [0.1, 0.15) is 0 Å². The average Bonchev–Trinajstić information content (AvgIpc) is 2.66. The number of aromatic nitrogens is 1. The lowest BCUT2D eigenvalue weighted by molar-refractivity contribution is 0.669. The summed E-state index contributed by atoms with van der Waals surface area (Å²) >= 11 is 0. The summed E-state index contributed by atoms with van der Waals surface area (Å²) in [4.78, 5) is 0. The third-order valence-electron chi connectivity index (χ3n) is 18.1. The van der Waals surface area contributed by atoms with Crippen molar-refractivity contribution in [1.82, 2.24) is 4.57 Å². The highest BCUT2D eigenvalue weighted by molar-refractivity contribution is 6.26. The number of benzene rings is 15. The molecule has 0 N–H and O–H groups in total. The highest BCUT2D eigenvalue weighted by Gasteiger charge is 2.22. The Bertz CT molecular complexity index is 5500. The molecule has 0 aliphatic rings. The van der Waals surface area contributed by atoms with Crippen LogP contribution in [0.15, 0.2) is 318 Å². The third kappa shape index (κ3) is 7.98. The normalized spacial score (nSPS) is 11.9. The van der Waals surface area contributed by atoms with Crippen LogP contribution in [0.2, 0.25) is 0 Å². The molecule has 0 atom stereocenters. The Morgan fingerprint density at radius 2 is 0.517 bits per heavy atom. The second-order valence-electron chi connectivity index (χ2n) is 23.1. The van der Waals surface area contributed by atoms with Crippen LogP contribution in [0.3, 0.4) is 0 Å². The molecule has 0 saturated carbocycles. The second kappa shape index (κ2) is 19.5. The molecule has 3 aromatic heterocycles. The molecule has 3 heteroatoms. The highest BCUT2D eigenvalue weighted by Crippen LogP contribution is 2.47. The second-order valence-corrected chi connectivity index (χ2v) is 23.1. The van der Waals surface area contributed by atoms with E-state index in [-0.39, 0.29) is 0 Å². The maximum Gasteiger partial charge on any atom is 0.143 e. The van der Waals surface area contributed by atoms with Crippen molar-refractivity contribution < 1.29 is 8.83 Å². The molecule has 18 rings (SSSR count). The highest BCUT2D eigenvalue weighted by atomic mass is 16.3. The number of hydrogen-bond donors (Lipinski definition) is 0. The Kier molecular flexibility index (Phi) is 11.0. The molecule has 0 radical (unpaired) electrons. The third-order valence-corrected chi connectivity index (χ3v) is 18.1. The predicted octanol–water partition coefficient (Wildman–Crippen LogP) is 23.7. The summed E-state index contributed by atoms with van der Waals surface area (Å²) in [6.07, 6.45) is 0. The average molecular weight is 1110 g/mol. The minimum atomic E-state index is 0.859. The van der Waals surface area contributed by atoms with E-state index < -0.39 is 0 Å². The summed E-state index contributed by atoms with van der Waals surface area (Å²) in [6, 6.07) is 113. The van der Waals surface area contributed by atoms with Crippen LogP contribution < -0.4 is 0 Å². The molecule has 0 aliphatic carbocycles. The zero-order valence-electron chi connectivity index (χ0n) is 47.2. The Morgan fingerprint density at radius 1 is 0.184 bits per heavy atom. The molecule has 0 spiro atoms. The maximum absolute atomic E-state index is 7.03. The van der Waals surface area contributed by atoms with Gasteiger partial charge >= 0.3 is 0 Å². The molecule has 3 heterocycles. The Hall–Kier alpha value is -11.5. The summed E-state index contributed by atoms with van der Waals surface area (Å²) in [5.74, 6) is 0. The van der Waals surface area contributed by atoms with Crippen molar-refractivity contribution >= 4 is 98.0 Å². The van der Waals surface area contributed by atoms with Gasteiger partial charge in [-0.3, -0.25) is 0 Å². The lowest BCUT2D eigenvalue weighted by atomic mass is 9.92. The smallest absolute Gasteiger partial charge is 0.143 e. The minimum Gasteiger partial charge on any atom is -0.455 e. The Morgan fingerprint density at radius 3 is 0.989 bits per heavy atom. The van der Waals surface area contributed by atoms with E-state index in [0.717, 1.165) is 133 Å². The SMILES string of the molecule is c1ccc(-c2ccc3oc4c(-c5ccc6c(c5)c5cc(-c7cc(-c8ccccc8)cc8c7oc7ccc(-c9ccccc9)cc78)ccc5n6-c5cccc(-c6ccc7c8ccccc8c8ccccc8c7c6)c5)cc(-c5ccccc5)cc4c3c2)cc1. The van der Waals surface area contributed by atoms with Crippen molar-refractivity contribution in [2.45, 2.75) is 0 Å². The van der Waals surface area contributed by atoms with E-state index in [1.807, 2.05) is 0 Å². The van der Waals surface area contributed by atoms with Crippen LogP contribution in [0.25, 0.3) is 182 Å². The number of fused-ring (bicyclic) bond motifs is 15. The zero-order chi connectivity index (χ0) is 57.1. The molecule has 0 amide bonds. The van der Waals surface area contributed by atoms with Gasteiger partial charge in [0.25, 0.3) is 0 Å². The standard InChI is InChI=1S/C84H51NO2/c1-5-18-52(19-6-1)57-35-40-81-75(44-57)77-50-62(54-22-9-3-10-23-54)48-70(83(77)86-81)60-33-38-79-73(46-60)74-47-61(71-49-63(55-24-11-4-12-25-55)51-78-76-45-58(53-20-7-2-8-21-53)36-41-82(76)87-84(71)78)34-39-80(74)85(79)64-27-17-26-56(42-64)59-32-37-69-67-30-14-13-28-65(67)66-29-15-16-31-68(66)72(69)43-59/h1-51H. The van der Waals surface area contributed by atoms with Crippen LogP contribution in [-0.2, 0) is 0 Å². The summed E-state index contributed by atoms with van der Waals surface area (Å²) in [5.41, 5.74) is 22.5. The molecular weight excluding hydrogens is 1050 g/mol. The molecule has 0 saturated heterocycles. The quantitative estimate of drug-likeness (QED) is 0.142. The van der Waals surface area contributed by atoms with Gasteiger partial charge in [-0.05, 0) is 190 Å². The van der Waals surface area contributed by atoms with Crippen LogP contribution in [0.5, 0.6) is 0 Å². The van der Waals surface area contributed by atoms with Crippen LogP contribution in [-0.4, -0.2) is 4.57 Å². The van der Waals surface area contributed by atoms with E-state index in [4.69, 9.17) is 8.83 Å². The Balaban J connectivity index is 0.873. The largest absolute Gasteiger partial charge is 0.455 e. The van der Waals surface area contributed by atoms with Crippen molar-refractivity contribution in [3.63, 3.8) is 0 Å². The van der Waals surface area contributed by atoms with Gasteiger partial charge in [0, 0.05) is 49.1 Å². The zero-order valence-corrected chi connectivity index (χ0v) is 47.2. The molecule has 0 aliphatic heterocycles. The topological polar surface area (TPSA) is 31.2 Å². The molecular formula is C84H51NO2. The molecule has 404 valence electrons. The van der Waals surface area contributed by atoms with Gasteiger partial charge in [0.2, 0.25) is 0 Å². The van der Waals surface area contributed by atoms with E-state index in [1.165, 1.54) is 49.0 Å². The number of hydrogen-bond acceptors (Lipinski definition) is 2. The first-order valence-corrected chi connectivity index (χ1v) is 29.9. The first kappa shape index (κ1) is 49.0. The van der Waals surface area contributed by atoms with E-state index in [9.17, 15) is 0 Å². The van der Waals surface area contributed by atoms with Crippen molar-refractivity contribution in [3.05, 3.63) is 309 Å². The number of nitrogens with zero attached hydrogens (tertiary/aromatic N) is 1. The first-order valence-electron chi connectivity index (χ1n) is 29.9. The fraction of sp³-hybridized carbons (Fsp3) is 0. The van der Waals surface area contributed by atoms with Crippen LogP contribution in [0.4, 0.5) is 0 Å². The molecule has 15 aromatic carbocycles. The predicted molar refractivity (Wildman–Crippen MR) is 366 cm³/mol. The molecule has 18 aromatic rings. The van der Waals surface area contributed by atoms with E-state index >= 15 is 0 Å². The molecule has 0 fully saturated rings. The van der Waals surface area contributed by atoms with Crippen molar-refractivity contribution in [1.29, 1.82) is 0 Å². The van der Waals surface area contributed by atoms with Gasteiger partial charge in [0.1, 0.15) is 22.3 Å². The van der Waals surface area contributed by atoms with E-state index in [1.54, 1.807) is 0 Å². The van der Waals surface area contributed by atoms with Crippen LogP contribution >= 0.6 is 0 Å². The summed E-state index contributed by atoms with van der Waals surface area (Å²) in [7, 11) is 0. The molecule has 87 heavy (non-hydrogen) atoms. The first-order chi connectivity index (χ1) is 43.1. The molecule has 0 unspecified atom stereocenters. The molecule has 3 nitrogen and oxygen atoms in total. The summed E-state index contributed by atoms with van der Waals surface area (Å²) in [5, 5.41) is 14.2. The summed E-state index contributed by atoms with van der Waals surface area (Å²) in [6.45, 7) is 0. The van der Waals surface area contributed by atoms with Crippen molar-refractivity contribution in [2.75, 3.05) is 0 Å². The van der Waals surface area contributed by atoms with Gasteiger partial charge in [0.15, 0.2) is 0 Å². The number of furan rings is 2.